The highest BCUT2D eigenvalue weighted by molar-refractivity contribution is 5.90. The molecular formula is C14H15F2O4-. The van der Waals surface area contributed by atoms with Crippen molar-refractivity contribution in [3.63, 3.8) is 0 Å². The van der Waals surface area contributed by atoms with E-state index in [9.17, 15) is 23.5 Å². The molecule has 0 fully saturated rings. The molecule has 110 valence electrons. The van der Waals surface area contributed by atoms with Crippen LogP contribution >= 0.6 is 0 Å². The van der Waals surface area contributed by atoms with Crippen LogP contribution in [0.2, 0.25) is 0 Å². The predicted molar refractivity (Wildman–Crippen MR) is 65.1 cm³/mol. The average Bonchev–Trinajstić information content (AvgIpc) is 2.38. The standard InChI is InChI=1S/C14H16F2O4/c1-9(2)13(3,14(15,16)12(18)19)20-11(17)10-7-5-4-6-8-10/h4-9H,1-3H3,(H,18,19)/p-1. The molecule has 0 aliphatic rings. The Kier molecular flexibility index (Phi) is 4.47. The smallest absolute Gasteiger partial charge is 0.338 e. The summed E-state index contributed by atoms with van der Waals surface area (Å²) in [6, 6.07) is 7.51. The number of carboxylic acids is 1. The monoisotopic (exact) mass is 285 g/mol. The number of carbonyl (C=O) groups excluding carboxylic acids is 2. The first-order chi connectivity index (χ1) is 9.13. The lowest BCUT2D eigenvalue weighted by atomic mass is 9.85. The van der Waals surface area contributed by atoms with Gasteiger partial charge < -0.3 is 14.6 Å². The van der Waals surface area contributed by atoms with Crippen LogP contribution in [0.5, 0.6) is 0 Å². The third-order valence-electron chi connectivity index (χ3n) is 3.30. The van der Waals surface area contributed by atoms with Crippen LogP contribution in [0.4, 0.5) is 8.78 Å². The van der Waals surface area contributed by atoms with Crippen molar-refractivity contribution in [1.29, 1.82) is 0 Å². The number of benzene rings is 1. The molecule has 0 aliphatic carbocycles. The van der Waals surface area contributed by atoms with E-state index in [0.717, 1.165) is 6.92 Å². The fraction of sp³-hybridized carbons (Fsp3) is 0.429. The van der Waals surface area contributed by atoms with Crippen molar-refractivity contribution >= 4 is 11.9 Å². The van der Waals surface area contributed by atoms with Crippen LogP contribution in [0, 0.1) is 5.92 Å². The first-order valence-corrected chi connectivity index (χ1v) is 6.00. The Balaban J connectivity index is 3.11. The van der Waals surface area contributed by atoms with Crippen molar-refractivity contribution in [2.75, 3.05) is 0 Å². The lowest BCUT2D eigenvalue weighted by Gasteiger charge is -2.40. The molecule has 0 bridgehead atoms. The zero-order valence-electron chi connectivity index (χ0n) is 11.4. The highest BCUT2D eigenvalue weighted by atomic mass is 19.3. The number of alkyl halides is 2. The van der Waals surface area contributed by atoms with Crippen LogP contribution in [-0.4, -0.2) is 23.5 Å². The minimum atomic E-state index is -4.30. The van der Waals surface area contributed by atoms with Crippen LogP contribution < -0.4 is 5.11 Å². The first-order valence-electron chi connectivity index (χ1n) is 6.00. The summed E-state index contributed by atoms with van der Waals surface area (Å²) in [5, 5.41) is 10.6. The molecular weight excluding hydrogens is 270 g/mol. The molecule has 0 N–H and O–H groups in total. The first kappa shape index (κ1) is 16.1. The minimum Gasteiger partial charge on any atom is -0.544 e. The SMILES string of the molecule is CC(C)C(C)(OC(=O)c1ccccc1)C(F)(F)C(=O)[O-]. The number of hydrogen-bond donors (Lipinski definition) is 0. The summed E-state index contributed by atoms with van der Waals surface area (Å²) in [5.41, 5.74) is -2.44. The molecule has 1 atom stereocenters. The average molecular weight is 285 g/mol. The molecule has 0 aromatic heterocycles. The van der Waals surface area contributed by atoms with E-state index >= 15 is 0 Å². The Hall–Kier alpha value is -1.98. The fourth-order valence-electron chi connectivity index (χ4n) is 1.57. The Labute approximate surface area is 115 Å². The van der Waals surface area contributed by atoms with Gasteiger partial charge >= 0.3 is 11.9 Å². The third kappa shape index (κ3) is 2.79. The topological polar surface area (TPSA) is 66.4 Å². The van der Waals surface area contributed by atoms with Gasteiger partial charge in [0.2, 0.25) is 0 Å². The lowest BCUT2D eigenvalue weighted by Crippen LogP contribution is -2.61. The van der Waals surface area contributed by atoms with E-state index in [1.54, 1.807) is 18.2 Å². The van der Waals surface area contributed by atoms with E-state index in [1.165, 1.54) is 26.0 Å². The largest absolute Gasteiger partial charge is 0.544 e. The van der Waals surface area contributed by atoms with Crippen molar-refractivity contribution in [3.8, 4) is 0 Å². The maximum atomic E-state index is 13.8. The second kappa shape index (κ2) is 5.56. The Morgan fingerprint density at radius 2 is 1.70 bits per heavy atom. The van der Waals surface area contributed by atoms with Crippen molar-refractivity contribution in [2.45, 2.75) is 32.3 Å². The Bertz CT molecular complexity index is 499. The maximum absolute atomic E-state index is 13.8. The summed E-state index contributed by atoms with van der Waals surface area (Å²) in [6.07, 6.45) is 0. The van der Waals surface area contributed by atoms with Gasteiger partial charge in [-0.25, -0.2) is 4.79 Å². The molecule has 4 nitrogen and oxygen atoms in total. The fourth-order valence-corrected chi connectivity index (χ4v) is 1.57. The van der Waals surface area contributed by atoms with E-state index in [4.69, 9.17) is 4.74 Å². The van der Waals surface area contributed by atoms with Crippen molar-refractivity contribution in [2.24, 2.45) is 5.92 Å². The van der Waals surface area contributed by atoms with Crippen molar-refractivity contribution < 1.29 is 28.2 Å². The Morgan fingerprint density at radius 3 is 2.10 bits per heavy atom. The van der Waals surface area contributed by atoms with E-state index in [2.05, 4.69) is 0 Å². The van der Waals surface area contributed by atoms with Gasteiger partial charge in [-0.15, -0.1) is 0 Å². The highest BCUT2D eigenvalue weighted by Crippen LogP contribution is 2.38. The number of hydrogen-bond acceptors (Lipinski definition) is 4. The van der Waals surface area contributed by atoms with E-state index < -0.39 is 29.4 Å². The van der Waals surface area contributed by atoms with Gasteiger partial charge in [-0.1, -0.05) is 32.0 Å². The summed E-state index contributed by atoms with van der Waals surface area (Å²) in [6.45, 7) is 3.57. The molecule has 0 amide bonds. The van der Waals surface area contributed by atoms with Gasteiger partial charge in [-0.2, -0.15) is 8.78 Å². The van der Waals surface area contributed by atoms with Gasteiger partial charge in [0.25, 0.3) is 0 Å². The number of carbonyl (C=O) groups is 2. The number of rotatable bonds is 5. The zero-order chi connectivity index (χ0) is 15.6. The molecule has 0 spiro atoms. The molecule has 0 radical (unpaired) electrons. The van der Waals surface area contributed by atoms with Gasteiger partial charge in [-0.3, -0.25) is 0 Å². The molecule has 0 aliphatic heterocycles. The molecule has 0 heterocycles. The van der Waals surface area contributed by atoms with Crippen LogP contribution in [0.25, 0.3) is 0 Å². The number of aliphatic carboxylic acids is 1. The number of ether oxygens (including phenoxy) is 1. The predicted octanol–water partition coefficient (Wildman–Crippen LogP) is 1.64. The van der Waals surface area contributed by atoms with Gasteiger partial charge in [-0.05, 0) is 25.0 Å². The summed E-state index contributed by atoms with van der Waals surface area (Å²) in [4.78, 5) is 22.5. The normalized spacial score (nSPS) is 14.7. The second-order valence-corrected chi connectivity index (χ2v) is 4.88. The number of esters is 1. The second-order valence-electron chi connectivity index (χ2n) is 4.88. The molecule has 0 saturated carbocycles. The van der Waals surface area contributed by atoms with Gasteiger partial charge in [0, 0.05) is 0 Å². The summed E-state index contributed by atoms with van der Waals surface area (Å²) >= 11 is 0. The summed E-state index contributed by atoms with van der Waals surface area (Å²) < 4.78 is 32.4. The van der Waals surface area contributed by atoms with Crippen LogP contribution in [0.1, 0.15) is 31.1 Å². The van der Waals surface area contributed by atoms with Crippen LogP contribution in [0.3, 0.4) is 0 Å². The molecule has 6 heteroatoms. The van der Waals surface area contributed by atoms with Gasteiger partial charge in [0.15, 0.2) is 5.60 Å². The van der Waals surface area contributed by atoms with E-state index in [1.807, 2.05) is 0 Å². The summed E-state index contributed by atoms with van der Waals surface area (Å²) in [7, 11) is 0. The van der Waals surface area contributed by atoms with Crippen LogP contribution in [-0.2, 0) is 9.53 Å². The van der Waals surface area contributed by atoms with E-state index in [-0.39, 0.29) is 5.56 Å². The number of halogens is 2. The van der Waals surface area contributed by atoms with Crippen molar-refractivity contribution in [3.05, 3.63) is 35.9 Å². The minimum absolute atomic E-state index is 0.0634. The highest BCUT2D eigenvalue weighted by Gasteiger charge is 2.56. The molecule has 0 saturated heterocycles. The van der Waals surface area contributed by atoms with Crippen molar-refractivity contribution in [1.82, 2.24) is 0 Å². The van der Waals surface area contributed by atoms with Crippen LogP contribution in [0.15, 0.2) is 30.3 Å². The summed E-state index contributed by atoms with van der Waals surface area (Å²) in [5.74, 6) is -8.81. The molecule has 1 aromatic carbocycles. The maximum Gasteiger partial charge on any atom is 0.338 e. The molecule has 1 unspecified atom stereocenters. The van der Waals surface area contributed by atoms with E-state index in [0.29, 0.717) is 0 Å². The molecule has 1 aromatic rings. The lowest BCUT2D eigenvalue weighted by molar-refractivity contribution is -0.345. The molecule has 20 heavy (non-hydrogen) atoms. The van der Waals surface area contributed by atoms with Gasteiger partial charge in [0.05, 0.1) is 5.56 Å². The Morgan fingerprint density at radius 1 is 1.20 bits per heavy atom. The third-order valence-corrected chi connectivity index (χ3v) is 3.30. The van der Waals surface area contributed by atoms with Gasteiger partial charge in [0.1, 0.15) is 5.97 Å². The quantitative estimate of drug-likeness (QED) is 0.771. The zero-order valence-corrected chi connectivity index (χ0v) is 11.4. The number of carboxylic acid groups (broad SMARTS) is 1. The molecule has 1 rings (SSSR count).